The number of esters is 1. The van der Waals surface area contributed by atoms with Crippen LogP contribution in [0.2, 0.25) is 0 Å². The van der Waals surface area contributed by atoms with Gasteiger partial charge in [0.2, 0.25) is 0 Å². The van der Waals surface area contributed by atoms with E-state index in [1.54, 1.807) is 6.92 Å². The quantitative estimate of drug-likeness (QED) is 0.776. The van der Waals surface area contributed by atoms with Crippen LogP contribution in [0.15, 0.2) is 18.2 Å². The van der Waals surface area contributed by atoms with E-state index in [2.05, 4.69) is 0 Å². The molecule has 4 nitrogen and oxygen atoms in total. The second kappa shape index (κ2) is 7.80. The van der Waals surface area contributed by atoms with Crippen LogP contribution in [-0.2, 0) is 14.3 Å². The lowest BCUT2D eigenvalue weighted by molar-refractivity contribution is -0.143. The molecule has 0 amide bonds. The molecule has 0 bridgehead atoms. The molecule has 1 atom stereocenters. The highest BCUT2D eigenvalue weighted by Crippen LogP contribution is 2.28. The number of Topliss-reactive ketones (excluding diaryl/α,β-unsaturated/α-hetero) is 1. The van der Waals surface area contributed by atoms with Gasteiger partial charge in [0.25, 0.3) is 0 Å². The summed E-state index contributed by atoms with van der Waals surface area (Å²) in [6.45, 7) is 6.11. The van der Waals surface area contributed by atoms with Gasteiger partial charge in [-0.15, -0.1) is 0 Å². The fourth-order valence-electron chi connectivity index (χ4n) is 2.27. The molecular weight excluding hydrogens is 254 g/mol. The molecule has 1 aromatic carbocycles. The molecule has 0 spiro atoms. The van der Waals surface area contributed by atoms with Crippen LogP contribution in [0.4, 0.5) is 0 Å². The van der Waals surface area contributed by atoms with Gasteiger partial charge in [-0.2, -0.15) is 0 Å². The van der Waals surface area contributed by atoms with Crippen molar-refractivity contribution in [3.05, 3.63) is 34.9 Å². The average Bonchev–Trinajstić information content (AvgIpc) is 2.41. The lowest BCUT2D eigenvalue weighted by atomic mass is 9.87. The topological polar surface area (TPSA) is 69.4 Å². The van der Waals surface area contributed by atoms with Crippen molar-refractivity contribution in [1.82, 2.24) is 0 Å². The summed E-state index contributed by atoms with van der Waals surface area (Å²) in [6, 6.07) is 6.06. The van der Waals surface area contributed by atoms with Gasteiger partial charge in [0.05, 0.1) is 19.6 Å². The van der Waals surface area contributed by atoms with Gasteiger partial charge in [-0.3, -0.25) is 9.59 Å². The van der Waals surface area contributed by atoms with Crippen LogP contribution in [0.3, 0.4) is 0 Å². The number of rotatable bonds is 7. The molecule has 20 heavy (non-hydrogen) atoms. The van der Waals surface area contributed by atoms with Crippen molar-refractivity contribution in [3.8, 4) is 0 Å². The minimum absolute atomic E-state index is 0.00416. The summed E-state index contributed by atoms with van der Waals surface area (Å²) in [5.41, 5.74) is 8.61. The Morgan fingerprint density at radius 2 is 1.95 bits per heavy atom. The van der Waals surface area contributed by atoms with E-state index in [0.717, 1.165) is 16.7 Å². The molecule has 0 aliphatic rings. The molecule has 110 valence electrons. The van der Waals surface area contributed by atoms with E-state index in [4.69, 9.17) is 10.5 Å². The lowest BCUT2D eigenvalue weighted by Gasteiger charge is -2.18. The van der Waals surface area contributed by atoms with Crippen molar-refractivity contribution in [2.24, 2.45) is 5.73 Å². The van der Waals surface area contributed by atoms with Crippen molar-refractivity contribution < 1.29 is 14.3 Å². The van der Waals surface area contributed by atoms with Crippen LogP contribution in [0.1, 0.15) is 42.4 Å². The maximum Gasteiger partial charge on any atom is 0.306 e. The Morgan fingerprint density at radius 1 is 1.25 bits per heavy atom. The maximum absolute atomic E-state index is 11.7. The highest BCUT2D eigenvalue weighted by Gasteiger charge is 2.21. The van der Waals surface area contributed by atoms with E-state index in [9.17, 15) is 9.59 Å². The second-order valence-corrected chi connectivity index (χ2v) is 5.01. The summed E-state index contributed by atoms with van der Waals surface area (Å²) in [4.78, 5) is 23.4. The Morgan fingerprint density at radius 3 is 2.55 bits per heavy atom. The second-order valence-electron chi connectivity index (χ2n) is 5.01. The smallest absolute Gasteiger partial charge is 0.306 e. The van der Waals surface area contributed by atoms with E-state index in [-0.39, 0.29) is 37.1 Å². The van der Waals surface area contributed by atoms with Crippen molar-refractivity contribution >= 4 is 11.8 Å². The molecule has 0 aliphatic heterocycles. The normalized spacial score (nSPS) is 12.0. The first kappa shape index (κ1) is 16.4. The first-order valence-corrected chi connectivity index (χ1v) is 6.92. The molecule has 1 aromatic rings. The molecule has 0 heterocycles. The van der Waals surface area contributed by atoms with Crippen LogP contribution >= 0.6 is 0 Å². The highest BCUT2D eigenvalue weighted by atomic mass is 16.5. The number of ketones is 1. The fourth-order valence-corrected chi connectivity index (χ4v) is 2.27. The molecule has 2 N–H and O–H groups in total. The number of carbonyl (C=O) groups is 2. The minimum Gasteiger partial charge on any atom is -0.466 e. The first-order valence-electron chi connectivity index (χ1n) is 6.92. The van der Waals surface area contributed by atoms with Crippen LogP contribution in [-0.4, -0.2) is 24.9 Å². The van der Waals surface area contributed by atoms with Gasteiger partial charge in [0, 0.05) is 12.3 Å². The maximum atomic E-state index is 11.7. The zero-order valence-electron chi connectivity index (χ0n) is 12.4. The summed E-state index contributed by atoms with van der Waals surface area (Å²) in [6.07, 6.45) is 0.490. The predicted octanol–water partition coefficient (Wildman–Crippen LogP) is 2.26. The summed E-state index contributed by atoms with van der Waals surface area (Å²) < 4.78 is 5.00. The molecule has 0 fully saturated rings. The van der Waals surface area contributed by atoms with Crippen LogP contribution < -0.4 is 5.73 Å². The van der Waals surface area contributed by atoms with Gasteiger partial charge in [0.1, 0.15) is 5.78 Å². The Balaban J connectivity index is 2.99. The summed E-state index contributed by atoms with van der Waals surface area (Å²) >= 11 is 0. The van der Waals surface area contributed by atoms with Crippen LogP contribution in [0.25, 0.3) is 0 Å². The number of hydrogen-bond acceptors (Lipinski definition) is 4. The van der Waals surface area contributed by atoms with Crippen molar-refractivity contribution in [1.29, 1.82) is 0 Å². The van der Waals surface area contributed by atoms with E-state index < -0.39 is 0 Å². The van der Waals surface area contributed by atoms with E-state index >= 15 is 0 Å². The van der Waals surface area contributed by atoms with E-state index in [1.807, 2.05) is 32.0 Å². The first-order chi connectivity index (χ1) is 9.47. The predicted molar refractivity (Wildman–Crippen MR) is 78.6 cm³/mol. The van der Waals surface area contributed by atoms with Crippen molar-refractivity contribution in [2.45, 2.75) is 39.5 Å². The third-order valence-corrected chi connectivity index (χ3v) is 3.29. The van der Waals surface area contributed by atoms with Gasteiger partial charge in [-0.1, -0.05) is 23.8 Å². The van der Waals surface area contributed by atoms with Crippen LogP contribution in [0.5, 0.6) is 0 Å². The number of nitrogens with two attached hydrogens (primary N) is 1. The summed E-state index contributed by atoms with van der Waals surface area (Å²) in [7, 11) is 0. The molecule has 0 aliphatic carbocycles. The van der Waals surface area contributed by atoms with Gasteiger partial charge in [-0.25, -0.2) is 0 Å². The van der Waals surface area contributed by atoms with Gasteiger partial charge >= 0.3 is 5.97 Å². The highest BCUT2D eigenvalue weighted by molar-refractivity contribution is 5.82. The van der Waals surface area contributed by atoms with Gasteiger partial charge in [-0.05, 0) is 31.9 Å². The van der Waals surface area contributed by atoms with E-state index in [0.29, 0.717) is 6.61 Å². The van der Waals surface area contributed by atoms with Crippen LogP contribution in [0, 0.1) is 13.8 Å². The number of aryl methyl sites for hydroxylation is 2. The molecule has 0 saturated heterocycles. The molecule has 0 saturated carbocycles. The Kier molecular flexibility index (Phi) is 6.39. The Bertz CT molecular complexity index is 483. The molecule has 1 rings (SSSR count). The zero-order valence-corrected chi connectivity index (χ0v) is 12.4. The Hall–Kier alpha value is -1.68. The average molecular weight is 277 g/mol. The largest absolute Gasteiger partial charge is 0.466 e. The number of carbonyl (C=O) groups excluding carboxylic acids is 2. The SMILES string of the molecule is CCOC(=O)CC(CC(=O)CN)c1cc(C)ccc1C. The van der Waals surface area contributed by atoms with Crippen molar-refractivity contribution in [2.75, 3.05) is 13.2 Å². The molecule has 0 aromatic heterocycles. The third-order valence-electron chi connectivity index (χ3n) is 3.29. The van der Waals surface area contributed by atoms with Crippen molar-refractivity contribution in [3.63, 3.8) is 0 Å². The van der Waals surface area contributed by atoms with Gasteiger partial charge < -0.3 is 10.5 Å². The minimum atomic E-state index is -0.275. The molecule has 1 unspecified atom stereocenters. The van der Waals surface area contributed by atoms with E-state index in [1.165, 1.54) is 0 Å². The van der Waals surface area contributed by atoms with Gasteiger partial charge in [0.15, 0.2) is 0 Å². The summed E-state index contributed by atoms with van der Waals surface area (Å²) in [5.74, 6) is -0.478. The number of benzene rings is 1. The number of hydrogen-bond donors (Lipinski definition) is 1. The molecular formula is C16H23NO3. The standard InChI is InChI=1S/C16H23NO3/c1-4-20-16(19)9-13(8-14(18)10-17)15-7-11(2)5-6-12(15)3/h5-7,13H,4,8-10,17H2,1-3H3. The Labute approximate surface area is 120 Å². The fraction of sp³-hybridized carbons (Fsp3) is 0.500. The summed E-state index contributed by atoms with van der Waals surface area (Å²) in [5, 5.41) is 0. The number of ether oxygens (including phenoxy) is 1. The monoisotopic (exact) mass is 277 g/mol. The zero-order chi connectivity index (χ0) is 15.1. The third kappa shape index (κ3) is 4.78. The molecule has 0 radical (unpaired) electrons. The molecule has 4 heteroatoms. The lowest BCUT2D eigenvalue weighted by Crippen LogP contribution is -2.20.